The third-order valence-corrected chi connectivity index (χ3v) is 4.22. The van der Waals surface area contributed by atoms with E-state index in [0.717, 1.165) is 27.9 Å². The Morgan fingerprint density at radius 2 is 1.80 bits per heavy atom. The van der Waals surface area contributed by atoms with Gasteiger partial charge in [-0.3, -0.25) is 4.79 Å². The summed E-state index contributed by atoms with van der Waals surface area (Å²) >= 11 is 0. The lowest BCUT2D eigenvalue weighted by Gasteiger charge is -2.13. The molecular weight excluding hydrogens is 314 g/mol. The highest BCUT2D eigenvalue weighted by atomic mass is 16.5. The largest absolute Gasteiger partial charge is 0.487 e. The van der Waals surface area contributed by atoms with Gasteiger partial charge in [0.05, 0.1) is 24.2 Å². The monoisotopic (exact) mass is 335 g/mol. The molecule has 0 spiro atoms. The second-order valence-corrected chi connectivity index (χ2v) is 5.84. The molecule has 3 rings (SSSR count). The van der Waals surface area contributed by atoms with E-state index in [0.29, 0.717) is 13.0 Å². The van der Waals surface area contributed by atoms with Crippen molar-refractivity contribution in [2.24, 2.45) is 0 Å². The SMILES string of the molecule is CCC(C(=O)OC)c1ccc(OCc2ccc3ccccc3n2)cc1. The number of esters is 1. The van der Waals surface area contributed by atoms with Gasteiger partial charge in [-0.15, -0.1) is 0 Å². The molecule has 4 nitrogen and oxygen atoms in total. The van der Waals surface area contributed by atoms with E-state index in [1.165, 1.54) is 7.11 Å². The van der Waals surface area contributed by atoms with Gasteiger partial charge in [0, 0.05) is 5.39 Å². The minimum atomic E-state index is -0.235. The first-order chi connectivity index (χ1) is 12.2. The van der Waals surface area contributed by atoms with Gasteiger partial charge in [0.15, 0.2) is 0 Å². The highest BCUT2D eigenvalue weighted by molar-refractivity contribution is 5.78. The molecular formula is C21H21NO3. The van der Waals surface area contributed by atoms with Crippen molar-refractivity contribution in [3.8, 4) is 5.75 Å². The fraction of sp³-hybridized carbons (Fsp3) is 0.238. The number of carbonyl (C=O) groups excluding carboxylic acids is 1. The summed E-state index contributed by atoms with van der Waals surface area (Å²) in [6.45, 7) is 2.37. The molecule has 1 unspecified atom stereocenters. The highest BCUT2D eigenvalue weighted by Crippen LogP contribution is 2.24. The van der Waals surface area contributed by atoms with Crippen LogP contribution in [0.4, 0.5) is 0 Å². The lowest BCUT2D eigenvalue weighted by Crippen LogP contribution is -2.13. The number of carbonyl (C=O) groups is 1. The summed E-state index contributed by atoms with van der Waals surface area (Å²) in [5.74, 6) is 0.302. The molecule has 25 heavy (non-hydrogen) atoms. The Labute approximate surface area is 147 Å². The molecule has 0 aliphatic heterocycles. The summed E-state index contributed by atoms with van der Waals surface area (Å²) < 4.78 is 10.7. The van der Waals surface area contributed by atoms with Gasteiger partial charge in [-0.25, -0.2) is 4.98 Å². The van der Waals surface area contributed by atoms with Gasteiger partial charge < -0.3 is 9.47 Å². The molecule has 128 valence electrons. The minimum absolute atomic E-state index is 0.212. The maximum absolute atomic E-state index is 11.8. The Kier molecular flexibility index (Phi) is 5.29. The number of ether oxygens (including phenoxy) is 2. The maximum atomic E-state index is 11.8. The molecule has 1 atom stereocenters. The van der Waals surface area contributed by atoms with E-state index in [9.17, 15) is 4.79 Å². The predicted molar refractivity (Wildman–Crippen MR) is 97.6 cm³/mol. The van der Waals surface area contributed by atoms with E-state index in [4.69, 9.17) is 9.47 Å². The highest BCUT2D eigenvalue weighted by Gasteiger charge is 2.19. The number of nitrogens with zero attached hydrogens (tertiary/aromatic N) is 1. The molecule has 2 aromatic carbocycles. The number of hydrogen-bond acceptors (Lipinski definition) is 4. The molecule has 1 aromatic heterocycles. The smallest absolute Gasteiger partial charge is 0.313 e. The predicted octanol–water partition coefficient (Wildman–Crippen LogP) is 4.48. The molecule has 0 fully saturated rings. The standard InChI is InChI=1S/C21H21NO3/c1-3-19(21(23)24-2)15-9-12-18(13-10-15)25-14-17-11-8-16-6-4-5-7-20(16)22-17/h4-13,19H,3,14H2,1-2H3. The first kappa shape index (κ1) is 17.0. The number of aromatic nitrogens is 1. The summed E-state index contributed by atoms with van der Waals surface area (Å²) in [5, 5.41) is 1.11. The van der Waals surface area contributed by atoms with Crippen LogP contribution in [-0.2, 0) is 16.1 Å². The second-order valence-electron chi connectivity index (χ2n) is 5.84. The number of rotatable bonds is 6. The summed E-state index contributed by atoms with van der Waals surface area (Å²) in [7, 11) is 1.42. The van der Waals surface area contributed by atoms with Gasteiger partial charge in [0.25, 0.3) is 0 Å². The number of hydrogen-bond donors (Lipinski definition) is 0. The van der Waals surface area contributed by atoms with Gasteiger partial charge >= 0.3 is 5.97 Å². The molecule has 4 heteroatoms. The molecule has 0 bridgehead atoms. The topological polar surface area (TPSA) is 48.4 Å². The molecule has 0 saturated carbocycles. The number of pyridine rings is 1. The maximum Gasteiger partial charge on any atom is 0.313 e. The molecule has 0 radical (unpaired) electrons. The first-order valence-corrected chi connectivity index (χ1v) is 8.36. The van der Waals surface area contributed by atoms with Crippen molar-refractivity contribution >= 4 is 16.9 Å². The number of benzene rings is 2. The Morgan fingerprint density at radius 3 is 2.52 bits per heavy atom. The molecule has 0 aliphatic carbocycles. The van der Waals surface area contributed by atoms with Crippen molar-refractivity contribution in [3.63, 3.8) is 0 Å². The molecule has 0 saturated heterocycles. The van der Waals surface area contributed by atoms with Crippen molar-refractivity contribution in [1.82, 2.24) is 4.98 Å². The van der Waals surface area contributed by atoms with Crippen LogP contribution in [-0.4, -0.2) is 18.1 Å². The van der Waals surface area contributed by atoms with Crippen molar-refractivity contribution in [3.05, 3.63) is 71.9 Å². The average molecular weight is 335 g/mol. The molecule has 3 aromatic rings. The van der Waals surface area contributed by atoms with E-state index >= 15 is 0 Å². The Bertz CT molecular complexity index is 858. The molecule has 0 amide bonds. The van der Waals surface area contributed by atoms with Crippen LogP contribution in [0.15, 0.2) is 60.7 Å². The molecule has 0 aliphatic rings. The quantitative estimate of drug-likeness (QED) is 0.623. The molecule has 1 heterocycles. The van der Waals surface area contributed by atoms with Crippen LogP contribution in [0.1, 0.15) is 30.5 Å². The third kappa shape index (κ3) is 3.97. The second kappa shape index (κ2) is 7.79. The van der Waals surface area contributed by atoms with E-state index in [-0.39, 0.29) is 11.9 Å². The zero-order chi connectivity index (χ0) is 17.6. The first-order valence-electron chi connectivity index (χ1n) is 8.36. The zero-order valence-electron chi connectivity index (χ0n) is 14.4. The van der Waals surface area contributed by atoms with Crippen molar-refractivity contribution in [2.75, 3.05) is 7.11 Å². The molecule has 0 N–H and O–H groups in total. The fourth-order valence-electron chi connectivity index (χ4n) is 2.82. The number of methoxy groups -OCH3 is 1. The third-order valence-electron chi connectivity index (χ3n) is 4.22. The van der Waals surface area contributed by atoms with E-state index < -0.39 is 0 Å². The van der Waals surface area contributed by atoms with E-state index in [2.05, 4.69) is 4.98 Å². The average Bonchev–Trinajstić information content (AvgIpc) is 2.67. The van der Waals surface area contributed by atoms with Crippen molar-refractivity contribution in [1.29, 1.82) is 0 Å². The summed E-state index contributed by atoms with van der Waals surface area (Å²) in [5.41, 5.74) is 2.78. The van der Waals surface area contributed by atoms with Crippen LogP contribution < -0.4 is 4.74 Å². The van der Waals surface area contributed by atoms with Crippen LogP contribution >= 0.6 is 0 Å². The van der Waals surface area contributed by atoms with Gasteiger partial charge in [-0.05, 0) is 36.2 Å². The van der Waals surface area contributed by atoms with Gasteiger partial charge in [-0.1, -0.05) is 43.3 Å². The summed E-state index contributed by atoms with van der Waals surface area (Å²) in [6, 6.07) is 19.6. The van der Waals surface area contributed by atoms with E-state index in [1.54, 1.807) is 0 Å². The summed E-state index contributed by atoms with van der Waals surface area (Å²) in [4.78, 5) is 16.4. The van der Waals surface area contributed by atoms with Crippen molar-refractivity contribution in [2.45, 2.75) is 25.9 Å². The van der Waals surface area contributed by atoms with Crippen molar-refractivity contribution < 1.29 is 14.3 Å². The lowest BCUT2D eigenvalue weighted by molar-refractivity contribution is -0.142. The summed E-state index contributed by atoms with van der Waals surface area (Å²) in [6.07, 6.45) is 0.702. The lowest BCUT2D eigenvalue weighted by atomic mass is 9.97. The fourth-order valence-corrected chi connectivity index (χ4v) is 2.82. The zero-order valence-corrected chi connectivity index (χ0v) is 14.4. The van der Waals surface area contributed by atoms with Gasteiger partial charge in [-0.2, -0.15) is 0 Å². The minimum Gasteiger partial charge on any atom is -0.487 e. The Hall–Kier alpha value is -2.88. The van der Waals surface area contributed by atoms with Crippen LogP contribution in [0, 0.1) is 0 Å². The van der Waals surface area contributed by atoms with Crippen LogP contribution in [0.5, 0.6) is 5.75 Å². The van der Waals surface area contributed by atoms with E-state index in [1.807, 2.05) is 67.6 Å². The Morgan fingerprint density at radius 1 is 1.04 bits per heavy atom. The van der Waals surface area contributed by atoms with Gasteiger partial charge in [0.2, 0.25) is 0 Å². The van der Waals surface area contributed by atoms with Crippen LogP contribution in [0.25, 0.3) is 10.9 Å². The number of para-hydroxylation sites is 1. The van der Waals surface area contributed by atoms with Crippen LogP contribution in [0.2, 0.25) is 0 Å². The normalized spacial score (nSPS) is 11.9. The Balaban J connectivity index is 1.67. The number of fused-ring (bicyclic) bond motifs is 1. The van der Waals surface area contributed by atoms with Gasteiger partial charge in [0.1, 0.15) is 12.4 Å². The van der Waals surface area contributed by atoms with Crippen LogP contribution in [0.3, 0.4) is 0 Å².